The van der Waals surface area contributed by atoms with E-state index in [4.69, 9.17) is 5.73 Å². The molecule has 0 saturated carbocycles. The van der Waals surface area contributed by atoms with Gasteiger partial charge in [-0.25, -0.2) is 9.37 Å². The van der Waals surface area contributed by atoms with Crippen LogP contribution in [0.1, 0.15) is 13.8 Å². The number of halogens is 1. The summed E-state index contributed by atoms with van der Waals surface area (Å²) in [4.78, 5) is 28.8. The van der Waals surface area contributed by atoms with Crippen LogP contribution in [0.4, 0.5) is 10.1 Å². The lowest BCUT2D eigenvalue weighted by Crippen LogP contribution is -2.46. The first-order chi connectivity index (χ1) is 12.3. The summed E-state index contributed by atoms with van der Waals surface area (Å²) < 4.78 is 15.4. The van der Waals surface area contributed by atoms with Crippen molar-refractivity contribution in [3.8, 4) is 0 Å². The first-order valence-electron chi connectivity index (χ1n) is 8.05. The van der Waals surface area contributed by atoms with Crippen molar-refractivity contribution in [1.82, 2.24) is 14.9 Å². The summed E-state index contributed by atoms with van der Waals surface area (Å²) in [5.74, 6) is -1.39. The monoisotopic (exact) mass is 379 g/mol. The standard InChI is InChI=1S/C17H22FN5O2S/c1-10(2)15(19)16(25)21-9-14(24)22-12-8-11(18)4-5-13(12)26-17-20-6-7-23(17)3/h4-8,10,15H,9,19H2,1-3H3,(H,21,25)(H,22,24)/t15-/m0/s1. The lowest BCUT2D eigenvalue weighted by Gasteiger charge is -2.15. The summed E-state index contributed by atoms with van der Waals surface area (Å²) in [6, 6.07) is 3.42. The van der Waals surface area contributed by atoms with Crippen LogP contribution in [0, 0.1) is 11.7 Å². The smallest absolute Gasteiger partial charge is 0.243 e. The minimum absolute atomic E-state index is 0.0398. The fourth-order valence-corrected chi connectivity index (χ4v) is 2.89. The zero-order valence-corrected chi connectivity index (χ0v) is 15.6. The maximum absolute atomic E-state index is 13.6. The Labute approximate surface area is 155 Å². The van der Waals surface area contributed by atoms with E-state index in [0.29, 0.717) is 15.7 Å². The summed E-state index contributed by atoms with van der Waals surface area (Å²) in [7, 11) is 1.84. The largest absolute Gasteiger partial charge is 0.346 e. The Morgan fingerprint density at radius 2 is 2.12 bits per heavy atom. The molecule has 1 heterocycles. The first-order valence-corrected chi connectivity index (χ1v) is 8.87. The van der Waals surface area contributed by atoms with Crippen molar-refractivity contribution < 1.29 is 14.0 Å². The molecule has 0 spiro atoms. The number of imidazole rings is 1. The van der Waals surface area contributed by atoms with Gasteiger partial charge in [-0.2, -0.15) is 0 Å². The Morgan fingerprint density at radius 3 is 2.73 bits per heavy atom. The minimum atomic E-state index is -0.688. The van der Waals surface area contributed by atoms with Gasteiger partial charge in [-0.1, -0.05) is 13.8 Å². The van der Waals surface area contributed by atoms with Crippen molar-refractivity contribution in [1.29, 1.82) is 0 Å². The molecule has 26 heavy (non-hydrogen) atoms. The van der Waals surface area contributed by atoms with E-state index in [9.17, 15) is 14.0 Å². The second-order valence-electron chi connectivity index (χ2n) is 6.10. The van der Waals surface area contributed by atoms with Crippen molar-refractivity contribution in [2.45, 2.75) is 29.9 Å². The number of carbonyl (C=O) groups is 2. The highest BCUT2D eigenvalue weighted by Crippen LogP contribution is 2.32. The summed E-state index contributed by atoms with van der Waals surface area (Å²) >= 11 is 1.29. The van der Waals surface area contributed by atoms with Gasteiger partial charge in [-0.15, -0.1) is 0 Å². The van der Waals surface area contributed by atoms with E-state index < -0.39 is 23.7 Å². The van der Waals surface area contributed by atoms with E-state index in [-0.39, 0.29) is 12.5 Å². The molecule has 2 amide bonds. The number of hydrogen-bond acceptors (Lipinski definition) is 5. The van der Waals surface area contributed by atoms with Crippen molar-refractivity contribution in [2.24, 2.45) is 18.7 Å². The van der Waals surface area contributed by atoms with Crippen molar-refractivity contribution in [3.63, 3.8) is 0 Å². The number of aryl methyl sites for hydroxylation is 1. The molecule has 0 aliphatic heterocycles. The topological polar surface area (TPSA) is 102 Å². The molecule has 0 bridgehead atoms. The molecule has 2 rings (SSSR count). The van der Waals surface area contributed by atoms with Crippen LogP contribution in [0.3, 0.4) is 0 Å². The van der Waals surface area contributed by atoms with Crippen LogP contribution in [-0.2, 0) is 16.6 Å². The molecule has 2 aromatic rings. The zero-order valence-electron chi connectivity index (χ0n) is 14.8. The highest BCUT2D eigenvalue weighted by atomic mass is 32.2. The highest BCUT2D eigenvalue weighted by Gasteiger charge is 2.18. The van der Waals surface area contributed by atoms with Crippen LogP contribution >= 0.6 is 11.8 Å². The van der Waals surface area contributed by atoms with Gasteiger partial charge in [0, 0.05) is 24.3 Å². The van der Waals surface area contributed by atoms with Crippen molar-refractivity contribution in [3.05, 3.63) is 36.4 Å². The molecule has 1 aromatic heterocycles. The molecule has 0 aliphatic rings. The number of amides is 2. The fraction of sp³-hybridized carbons (Fsp3) is 0.353. The number of hydrogen-bond donors (Lipinski definition) is 3. The van der Waals surface area contributed by atoms with Gasteiger partial charge >= 0.3 is 0 Å². The van der Waals surface area contributed by atoms with E-state index in [1.807, 2.05) is 25.5 Å². The molecule has 0 radical (unpaired) electrons. The Kier molecular flexibility index (Phi) is 6.76. The number of nitrogens with zero attached hydrogens (tertiary/aromatic N) is 2. The lowest BCUT2D eigenvalue weighted by atomic mass is 10.1. The summed E-state index contributed by atoms with van der Waals surface area (Å²) in [6.07, 6.45) is 3.44. The quantitative estimate of drug-likeness (QED) is 0.680. The molecule has 1 atom stereocenters. The van der Waals surface area contributed by atoms with Gasteiger partial charge in [0.1, 0.15) is 5.82 Å². The number of benzene rings is 1. The highest BCUT2D eigenvalue weighted by molar-refractivity contribution is 7.99. The van der Waals surface area contributed by atoms with E-state index in [1.54, 1.807) is 18.5 Å². The minimum Gasteiger partial charge on any atom is -0.346 e. The van der Waals surface area contributed by atoms with Gasteiger partial charge in [0.2, 0.25) is 11.8 Å². The summed E-state index contributed by atoms with van der Waals surface area (Å²) in [5, 5.41) is 5.79. The summed E-state index contributed by atoms with van der Waals surface area (Å²) in [5.41, 5.74) is 6.04. The fourth-order valence-electron chi connectivity index (χ4n) is 2.02. The predicted molar refractivity (Wildman–Crippen MR) is 98.2 cm³/mol. The lowest BCUT2D eigenvalue weighted by molar-refractivity contribution is -0.125. The first kappa shape index (κ1) is 19.9. The number of rotatable bonds is 7. The molecule has 1 aromatic carbocycles. The van der Waals surface area contributed by atoms with Crippen LogP contribution in [0.25, 0.3) is 0 Å². The Morgan fingerprint density at radius 1 is 1.38 bits per heavy atom. The van der Waals surface area contributed by atoms with Gasteiger partial charge in [-0.3, -0.25) is 9.59 Å². The number of carbonyl (C=O) groups excluding carboxylic acids is 2. The molecule has 4 N–H and O–H groups in total. The maximum Gasteiger partial charge on any atom is 0.243 e. The van der Waals surface area contributed by atoms with Gasteiger partial charge < -0.3 is 20.9 Å². The number of nitrogens with one attached hydrogen (secondary N) is 2. The van der Waals surface area contributed by atoms with E-state index in [0.717, 1.165) is 0 Å². The van der Waals surface area contributed by atoms with Crippen molar-refractivity contribution >= 4 is 29.3 Å². The van der Waals surface area contributed by atoms with E-state index >= 15 is 0 Å². The van der Waals surface area contributed by atoms with Gasteiger partial charge in [0.15, 0.2) is 5.16 Å². The van der Waals surface area contributed by atoms with E-state index in [1.165, 1.54) is 23.9 Å². The van der Waals surface area contributed by atoms with Crippen LogP contribution in [0.2, 0.25) is 0 Å². The molecule has 7 nitrogen and oxygen atoms in total. The van der Waals surface area contributed by atoms with Gasteiger partial charge in [-0.05, 0) is 35.9 Å². The van der Waals surface area contributed by atoms with Crippen LogP contribution in [-0.4, -0.2) is 34.0 Å². The SMILES string of the molecule is CC(C)[C@H](N)C(=O)NCC(=O)Nc1cc(F)ccc1Sc1nccn1C. The number of nitrogens with two attached hydrogens (primary N) is 1. The average Bonchev–Trinajstić information content (AvgIpc) is 2.99. The Hall–Kier alpha value is -2.39. The molecule has 0 aliphatic carbocycles. The Balaban J connectivity index is 2.04. The summed E-state index contributed by atoms with van der Waals surface area (Å²) in [6.45, 7) is 3.39. The van der Waals surface area contributed by atoms with Crippen LogP contribution < -0.4 is 16.4 Å². The van der Waals surface area contributed by atoms with Crippen LogP contribution in [0.15, 0.2) is 40.6 Å². The normalized spacial score (nSPS) is 12.1. The van der Waals surface area contributed by atoms with E-state index in [2.05, 4.69) is 15.6 Å². The molecular weight excluding hydrogens is 357 g/mol. The third-order valence-electron chi connectivity index (χ3n) is 3.64. The third kappa shape index (κ3) is 5.30. The second-order valence-corrected chi connectivity index (χ2v) is 7.11. The average molecular weight is 379 g/mol. The maximum atomic E-state index is 13.6. The third-order valence-corrected chi connectivity index (χ3v) is 4.79. The number of anilines is 1. The second kappa shape index (κ2) is 8.81. The molecule has 140 valence electrons. The molecule has 0 fully saturated rings. The predicted octanol–water partition coefficient (Wildman–Crippen LogP) is 1.75. The van der Waals surface area contributed by atoms with Gasteiger partial charge in [0.25, 0.3) is 0 Å². The molecule has 9 heteroatoms. The Bertz CT molecular complexity index is 793. The van der Waals surface area contributed by atoms with Gasteiger partial charge in [0.05, 0.1) is 18.3 Å². The zero-order chi connectivity index (χ0) is 19.3. The molecule has 0 saturated heterocycles. The molecule has 0 unspecified atom stereocenters. The number of aromatic nitrogens is 2. The van der Waals surface area contributed by atoms with Crippen molar-refractivity contribution in [2.75, 3.05) is 11.9 Å². The molecular formula is C17H22FN5O2S. The van der Waals surface area contributed by atoms with Crippen LogP contribution in [0.5, 0.6) is 0 Å².